The number of benzene rings is 3. The molecule has 1 aliphatic rings. The second-order valence-electron chi connectivity index (χ2n) is 12.0. The van der Waals surface area contributed by atoms with Crippen LogP contribution in [-0.4, -0.2) is 46.0 Å². The first-order valence-corrected chi connectivity index (χ1v) is 16.3. The topological polar surface area (TPSA) is 161 Å². The number of halogens is 3. The van der Waals surface area contributed by atoms with Crippen molar-refractivity contribution in [3.63, 3.8) is 0 Å². The molecule has 5 amide bonds. The molecule has 5 aromatic rings. The molecule has 3 heterocycles. The highest BCUT2D eigenvalue weighted by molar-refractivity contribution is 6.24. The molecule has 2 atom stereocenters. The molecule has 1 fully saturated rings. The van der Waals surface area contributed by atoms with Crippen LogP contribution in [0.2, 0.25) is 0 Å². The lowest BCUT2D eigenvalue weighted by atomic mass is 9.69. The molecule has 1 aliphatic heterocycles. The van der Waals surface area contributed by atoms with Crippen LogP contribution in [0.5, 0.6) is 17.2 Å². The van der Waals surface area contributed by atoms with Crippen molar-refractivity contribution in [3.8, 4) is 17.2 Å². The van der Waals surface area contributed by atoms with Gasteiger partial charge in [0.1, 0.15) is 22.8 Å². The summed E-state index contributed by atoms with van der Waals surface area (Å²) in [7, 11) is 0. The normalized spacial score (nSPS) is 16.5. The van der Waals surface area contributed by atoms with E-state index in [4.69, 9.17) is 9.47 Å². The lowest BCUT2D eigenvalue weighted by molar-refractivity contribution is -0.274. The first kappa shape index (κ1) is 36.8. The molecule has 1 saturated heterocycles. The average Bonchev–Trinajstić information content (AvgIpc) is 3.42. The molecule has 0 aliphatic carbocycles. The highest BCUT2D eigenvalue weighted by Crippen LogP contribution is 2.47. The van der Waals surface area contributed by atoms with E-state index in [1.165, 1.54) is 24.8 Å². The van der Waals surface area contributed by atoms with Gasteiger partial charge in [0.05, 0.1) is 29.5 Å². The molecular formula is C38H31F3N6O7. The van der Waals surface area contributed by atoms with E-state index in [9.17, 15) is 32.3 Å². The third-order valence-electron chi connectivity index (χ3n) is 8.79. The number of carbonyl (C=O) groups is 4. The van der Waals surface area contributed by atoms with Crippen LogP contribution in [-0.2, 0) is 4.79 Å². The van der Waals surface area contributed by atoms with Crippen LogP contribution in [0.4, 0.5) is 44.6 Å². The number of anilines is 3. The quantitative estimate of drug-likeness (QED) is 0.121. The number of nitrogens with one attached hydrogen (secondary N) is 3. The van der Waals surface area contributed by atoms with Gasteiger partial charge in [0.2, 0.25) is 0 Å². The number of rotatable bonds is 10. The number of para-hydroxylation sites is 2. The zero-order valence-corrected chi connectivity index (χ0v) is 28.5. The Bertz CT molecular complexity index is 2050. The summed E-state index contributed by atoms with van der Waals surface area (Å²) in [5.74, 6) is -2.74. The number of ether oxygens (including phenoxy) is 3. The number of pyridine rings is 2. The third-order valence-corrected chi connectivity index (χ3v) is 8.79. The fraction of sp³-hybridized carbons (Fsp3) is 0.158. The molecule has 2 unspecified atom stereocenters. The SMILES string of the molecule is CC(c1ccncc1NC(=O)Oc1ccccc1)C1(C(C)c2ccncc2NC(=O)Oc2ccccc2)NC(=O)N(c2ccc(OC(F)(F)F)cc2)C1=O. The van der Waals surface area contributed by atoms with Crippen LogP contribution in [0.1, 0.15) is 36.8 Å². The number of carbonyl (C=O) groups excluding carboxylic acids is 4. The summed E-state index contributed by atoms with van der Waals surface area (Å²) in [5, 5.41) is 8.18. The van der Waals surface area contributed by atoms with E-state index in [0.29, 0.717) is 11.1 Å². The number of imide groups is 1. The molecule has 3 N–H and O–H groups in total. The molecular weight excluding hydrogens is 709 g/mol. The minimum Gasteiger partial charge on any atom is -0.410 e. The van der Waals surface area contributed by atoms with Crippen molar-refractivity contribution in [1.29, 1.82) is 0 Å². The number of urea groups is 1. The van der Waals surface area contributed by atoms with Crippen LogP contribution in [0, 0.1) is 0 Å². The Morgan fingerprint density at radius 2 is 1.17 bits per heavy atom. The second kappa shape index (κ2) is 15.3. The van der Waals surface area contributed by atoms with Gasteiger partial charge in [-0.25, -0.2) is 19.3 Å². The lowest BCUT2D eigenvalue weighted by Gasteiger charge is -2.39. The van der Waals surface area contributed by atoms with Crippen molar-refractivity contribution >= 4 is 41.2 Å². The molecule has 0 bridgehead atoms. The molecule has 0 radical (unpaired) electrons. The van der Waals surface area contributed by atoms with Gasteiger partial charge in [0.25, 0.3) is 5.91 Å². The van der Waals surface area contributed by atoms with Crippen molar-refractivity contribution in [2.24, 2.45) is 0 Å². The molecule has 0 spiro atoms. The largest absolute Gasteiger partial charge is 0.573 e. The first-order chi connectivity index (χ1) is 25.9. The Morgan fingerprint density at radius 3 is 1.61 bits per heavy atom. The van der Waals surface area contributed by atoms with Crippen LogP contribution in [0.25, 0.3) is 0 Å². The Kier molecular flexibility index (Phi) is 10.4. The maximum atomic E-state index is 14.9. The van der Waals surface area contributed by atoms with Crippen molar-refractivity contribution < 1.29 is 46.6 Å². The zero-order valence-electron chi connectivity index (χ0n) is 28.5. The Balaban J connectivity index is 1.39. The van der Waals surface area contributed by atoms with Gasteiger partial charge in [-0.3, -0.25) is 25.4 Å². The van der Waals surface area contributed by atoms with Crippen molar-refractivity contribution in [3.05, 3.63) is 133 Å². The minimum atomic E-state index is -4.96. The molecule has 0 saturated carbocycles. The van der Waals surface area contributed by atoms with Crippen molar-refractivity contribution in [1.82, 2.24) is 15.3 Å². The molecule has 3 aromatic carbocycles. The predicted octanol–water partition coefficient (Wildman–Crippen LogP) is 8.00. The zero-order chi connectivity index (χ0) is 38.5. The maximum absolute atomic E-state index is 14.9. The summed E-state index contributed by atoms with van der Waals surface area (Å²) in [4.78, 5) is 63.9. The third kappa shape index (κ3) is 7.91. The van der Waals surface area contributed by atoms with Gasteiger partial charge in [-0.1, -0.05) is 50.2 Å². The first-order valence-electron chi connectivity index (χ1n) is 16.3. The van der Waals surface area contributed by atoms with E-state index < -0.39 is 53.6 Å². The Morgan fingerprint density at radius 1 is 0.704 bits per heavy atom. The minimum absolute atomic E-state index is 0.0488. The lowest BCUT2D eigenvalue weighted by Crippen LogP contribution is -2.55. The molecule has 276 valence electrons. The summed E-state index contributed by atoms with van der Waals surface area (Å²) in [6.07, 6.45) is -1.08. The standard InChI is InChI=1S/C38H31F3N6O7/c1-23(29-17-19-42-21-31(29)44-35(50)52-26-9-5-3-6-10-26)37(33(48)47(34(49)46-37)25-13-15-28(16-14-25)54-38(39,40)41)24(2)30-18-20-43-22-32(30)45-36(51)53-27-11-7-4-8-12-27/h3-24H,1-2H3,(H,44,50)(H,45,51)(H,46,49). The van der Waals surface area contributed by atoms with Crippen LogP contribution >= 0.6 is 0 Å². The number of alkyl halides is 3. The fourth-order valence-electron chi connectivity index (χ4n) is 6.28. The average molecular weight is 741 g/mol. The van der Waals surface area contributed by atoms with Crippen LogP contribution < -0.4 is 35.1 Å². The summed E-state index contributed by atoms with van der Waals surface area (Å²) >= 11 is 0. The van der Waals surface area contributed by atoms with E-state index >= 15 is 0 Å². The number of hydrogen-bond donors (Lipinski definition) is 3. The number of nitrogens with zero attached hydrogens (tertiary/aromatic N) is 3. The fourth-order valence-corrected chi connectivity index (χ4v) is 6.28. The Hall–Kier alpha value is -6.97. The maximum Gasteiger partial charge on any atom is 0.573 e. The molecule has 6 rings (SSSR count). The highest BCUT2D eigenvalue weighted by Gasteiger charge is 2.59. The summed E-state index contributed by atoms with van der Waals surface area (Å²) in [6, 6.07) is 23.1. The van der Waals surface area contributed by atoms with E-state index in [-0.39, 0.29) is 28.6 Å². The van der Waals surface area contributed by atoms with E-state index in [1.54, 1.807) is 86.6 Å². The number of amides is 5. The van der Waals surface area contributed by atoms with E-state index in [1.807, 2.05) is 0 Å². The second-order valence-corrected chi connectivity index (χ2v) is 12.0. The summed E-state index contributed by atoms with van der Waals surface area (Å²) in [6.45, 7) is 3.30. The van der Waals surface area contributed by atoms with Gasteiger partial charge < -0.3 is 19.5 Å². The van der Waals surface area contributed by atoms with Crippen molar-refractivity contribution in [2.75, 3.05) is 15.5 Å². The van der Waals surface area contributed by atoms with Crippen LogP contribution in [0.3, 0.4) is 0 Å². The smallest absolute Gasteiger partial charge is 0.410 e. The van der Waals surface area contributed by atoms with E-state index in [0.717, 1.165) is 29.2 Å². The molecule has 16 heteroatoms. The monoisotopic (exact) mass is 740 g/mol. The molecule has 2 aromatic heterocycles. The summed E-state index contributed by atoms with van der Waals surface area (Å²) in [5.41, 5.74) is -0.887. The summed E-state index contributed by atoms with van der Waals surface area (Å²) < 4.78 is 53.4. The van der Waals surface area contributed by atoms with Gasteiger partial charge >= 0.3 is 24.6 Å². The Labute approximate surface area is 306 Å². The van der Waals surface area contributed by atoms with Gasteiger partial charge in [0, 0.05) is 24.2 Å². The number of aromatic nitrogens is 2. The highest BCUT2D eigenvalue weighted by atomic mass is 19.4. The van der Waals surface area contributed by atoms with Crippen molar-refractivity contribution in [2.45, 2.75) is 37.6 Å². The van der Waals surface area contributed by atoms with Gasteiger partial charge in [-0.2, -0.15) is 0 Å². The van der Waals surface area contributed by atoms with Gasteiger partial charge in [-0.05, 0) is 71.8 Å². The number of hydrogen-bond acceptors (Lipinski definition) is 9. The predicted molar refractivity (Wildman–Crippen MR) is 189 cm³/mol. The molecule has 54 heavy (non-hydrogen) atoms. The molecule has 13 nitrogen and oxygen atoms in total. The van der Waals surface area contributed by atoms with Gasteiger partial charge in [-0.15, -0.1) is 13.2 Å². The van der Waals surface area contributed by atoms with Gasteiger partial charge in [0.15, 0.2) is 0 Å². The van der Waals surface area contributed by atoms with Crippen LogP contribution in [0.15, 0.2) is 122 Å². The van der Waals surface area contributed by atoms with E-state index in [2.05, 4.69) is 30.7 Å².